The molecule has 4 N–H and O–H groups in total. The van der Waals surface area contributed by atoms with Crippen molar-refractivity contribution in [2.24, 2.45) is 16.0 Å². The molecule has 1 unspecified atom stereocenters. The topological polar surface area (TPSA) is 115 Å². The number of benzene rings is 2. The summed E-state index contributed by atoms with van der Waals surface area (Å²) in [5.74, 6) is 1.89. The molecule has 0 amide bonds. The van der Waals surface area contributed by atoms with Gasteiger partial charge in [-0.3, -0.25) is 4.99 Å². The monoisotopic (exact) mass is 446 g/mol. The van der Waals surface area contributed by atoms with Crippen LogP contribution in [0.1, 0.15) is 23.1 Å². The van der Waals surface area contributed by atoms with E-state index in [1.54, 1.807) is 19.2 Å². The third kappa shape index (κ3) is 6.95. The molecule has 1 fully saturated rings. The second-order valence-electron chi connectivity index (χ2n) is 7.62. The zero-order valence-electron chi connectivity index (χ0n) is 17.9. The lowest BCUT2D eigenvalue weighted by Crippen LogP contribution is -2.36. The Balaban J connectivity index is 1.58. The molecule has 2 aromatic rings. The Morgan fingerprint density at radius 3 is 2.74 bits per heavy atom. The van der Waals surface area contributed by atoms with Crippen LogP contribution >= 0.6 is 0 Å². The number of sulfonamides is 1. The van der Waals surface area contributed by atoms with Gasteiger partial charge in [-0.25, -0.2) is 13.6 Å². The minimum absolute atomic E-state index is 0.0869. The van der Waals surface area contributed by atoms with Crippen molar-refractivity contribution >= 4 is 16.0 Å². The number of ether oxygens (including phenoxy) is 2. The van der Waals surface area contributed by atoms with E-state index in [1.807, 2.05) is 25.1 Å². The van der Waals surface area contributed by atoms with Gasteiger partial charge in [-0.15, -0.1) is 0 Å². The molecule has 1 aliphatic rings. The van der Waals surface area contributed by atoms with Crippen LogP contribution < -0.4 is 20.5 Å². The van der Waals surface area contributed by atoms with E-state index in [1.165, 1.54) is 6.07 Å². The molecule has 0 spiro atoms. The molecule has 3 rings (SSSR count). The van der Waals surface area contributed by atoms with Gasteiger partial charge < -0.3 is 20.1 Å². The molecular weight excluding hydrogens is 416 g/mol. The van der Waals surface area contributed by atoms with E-state index in [-0.39, 0.29) is 4.90 Å². The first kappa shape index (κ1) is 23.1. The van der Waals surface area contributed by atoms with Crippen LogP contribution in [0.3, 0.4) is 0 Å². The first-order valence-corrected chi connectivity index (χ1v) is 11.8. The maximum atomic E-state index is 11.5. The van der Waals surface area contributed by atoms with Gasteiger partial charge in [0.1, 0.15) is 5.75 Å². The third-order valence-corrected chi connectivity index (χ3v) is 5.99. The Morgan fingerprint density at radius 1 is 1.23 bits per heavy atom. The standard InChI is InChI=1S/C22H30N4O4S/c1-16-6-7-19(21(10-16)30-15-18-8-9-29-14-18)13-26-22(24-2)25-12-17-4-3-5-20(11-17)31(23,27)28/h3-7,10-11,18H,8-9,12-15H2,1-2H3,(H2,23,27,28)(H2,24,25,26). The van der Waals surface area contributed by atoms with Crippen LogP contribution in [0.25, 0.3) is 0 Å². The number of aliphatic imine (C=N–C) groups is 1. The summed E-state index contributed by atoms with van der Waals surface area (Å²) in [6.45, 7) is 5.18. The average molecular weight is 447 g/mol. The Hall–Kier alpha value is -2.62. The summed E-state index contributed by atoms with van der Waals surface area (Å²) < 4.78 is 34.6. The Bertz CT molecular complexity index is 1020. The highest BCUT2D eigenvalue weighted by Crippen LogP contribution is 2.22. The van der Waals surface area contributed by atoms with Crippen LogP contribution in [-0.2, 0) is 27.8 Å². The van der Waals surface area contributed by atoms with Crippen LogP contribution in [0.5, 0.6) is 5.75 Å². The summed E-state index contributed by atoms with van der Waals surface area (Å²) >= 11 is 0. The summed E-state index contributed by atoms with van der Waals surface area (Å²) in [5.41, 5.74) is 2.95. The number of hydrogen-bond donors (Lipinski definition) is 3. The molecule has 31 heavy (non-hydrogen) atoms. The first-order valence-electron chi connectivity index (χ1n) is 10.2. The van der Waals surface area contributed by atoms with E-state index in [0.29, 0.717) is 31.6 Å². The molecule has 0 aromatic heterocycles. The van der Waals surface area contributed by atoms with Crippen molar-refractivity contribution in [2.75, 3.05) is 26.9 Å². The fourth-order valence-corrected chi connectivity index (χ4v) is 3.87. The minimum atomic E-state index is -3.73. The SMILES string of the molecule is CN=C(NCc1cccc(S(N)(=O)=O)c1)NCc1ccc(C)cc1OCC1CCOC1. The quantitative estimate of drug-likeness (QED) is 0.422. The summed E-state index contributed by atoms with van der Waals surface area (Å²) in [6, 6.07) is 12.7. The zero-order valence-corrected chi connectivity index (χ0v) is 18.7. The summed E-state index contributed by atoms with van der Waals surface area (Å²) in [4.78, 5) is 4.33. The molecule has 0 aliphatic carbocycles. The van der Waals surface area contributed by atoms with Crippen LogP contribution in [0.2, 0.25) is 0 Å². The Kier molecular flexibility index (Phi) is 7.89. The molecule has 8 nitrogen and oxygen atoms in total. The summed E-state index contributed by atoms with van der Waals surface area (Å²) in [6.07, 6.45) is 1.03. The Morgan fingerprint density at radius 2 is 2.03 bits per heavy atom. The largest absolute Gasteiger partial charge is 0.493 e. The molecule has 1 heterocycles. The van der Waals surface area contributed by atoms with Gasteiger partial charge in [-0.2, -0.15) is 0 Å². The number of guanidine groups is 1. The highest BCUT2D eigenvalue weighted by molar-refractivity contribution is 7.89. The lowest BCUT2D eigenvalue weighted by Gasteiger charge is -2.17. The van der Waals surface area contributed by atoms with Gasteiger partial charge in [0.2, 0.25) is 10.0 Å². The second kappa shape index (κ2) is 10.6. The minimum Gasteiger partial charge on any atom is -0.493 e. The van der Waals surface area contributed by atoms with Crippen molar-refractivity contribution < 1.29 is 17.9 Å². The van der Waals surface area contributed by atoms with E-state index in [4.69, 9.17) is 14.6 Å². The van der Waals surface area contributed by atoms with Gasteiger partial charge in [0, 0.05) is 38.2 Å². The van der Waals surface area contributed by atoms with Crippen molar-refractivity contribution in [1.29, 1.82) is 0 Å². The van der Waals surface area contributed by atoms with E-state index in [0.717, 1.165) is 42.1 Å². The highest BCUT2D eigenvalue weighted by atomic mass is 32.2. The molecule has 9 heteroatoms. The van der Waals surface area contributed by atoms with Crippen molar-refractivity contribution in [3.8, 4) is 5.75 Å². The molecule has 168 valence electrons. The fourth-order valence-electron chi connectivity index (χ4n) is 3.28. The zero-order chi connectivity index (χ0) is 22.3. The van der Waals surface area contributed by atoms with E-state index >= 15 is 0 Å². The van der Waals surface area contributed by atoms with E-state index in [9.17, 15) is 8.42 Å². The van der Waals surface area contributed by atoms with Crippen molar-refractivity contribution in [3.63, 3.8) is 0 Å². The molecule has 1 saturated heterocycles. The van der Waals surface area contributed by atoms with E-state index in [2.05, 4.69) is 21.7 Å². The number of primary sulfonamides is 1. The second-order valence-corrected chi connectivity index (χ2v) is 9.18. The number of rotatable bonds is 8. The maximum absolute atomic E-state index is 11.5. The first-order chi connectivity index (χ1) is 14.8. The van der Waals surface area contributed by atoms with Crippen molar-refractivity contribution in [1.82, 2.24) is 10.6 Å². The average Bonchev–Trinajstić information content (AvgIpc) is 3.26. The molecule has 2 aromatic carbocycles. The molecule has 0 saturated carbocycles. The van der Waals surface area contributed by atoms with Gasteiger partial charge in [0.25, 0.3) is 0 Å². The smallest absolute Gasteiger partial charge is 0.238 e. The van der Waals surface area contributed by atoms with E-state index < -0.39 is 10.0 Å². The third-order valence-electron chi connectivity index (χ3n) is 5.08. The lowest BCUT2D eigenvalue weighted by molar-refractivity contribution is 0.166. The van der Waals surface area contributed by atoms with Gasteiger partial charge >= 0.3 is 0 Å². The summed E-state index contributed by atoms with van der Waals surface area (Å²) in [7, 11) is -2.05. The van der Waals surface area contributed by atoms with Gasteiger partial charge in [0.15, 0.2) is 5.96 Å². The number of aryl methyl sites for hydroxylation is 1. The normalized spacial score (nSPS) is 16.9. The van der Waals surface area contributed by atoms with Crippen LogP contribution in [0.4, 0.5) is 0 Å². The number of nitrogens with one attached hydrogen (secondary N) is 2. The fraction of sp³-hybridized carbons (Fsp3) is 0.409. The van der Waals surface area contributed by atoms with Crippen LogP contribution in [0.15, 0.2) is 52.4 Å². The van der Waals surface area contributed by atoms with Gasteiger partial charge in [0.05, 0.1) is 18.1 Å². The van der Waals surface area contributed by atoms with Crippen molar-refractivity contribution in [3.05, 3.63) is 59.2 Å². The number of nitrogens with zero attached hydrogens (tertiary/aromatic N) is 1. The number of nitrogens with two attached hydrogens (primary N) is 1. The predicted molar refractivity (Wildman–Crippen MR) is 120 cm³/mol. The lowest BCUT2D eigenvalue weighted by atomic mass is 10.1. The molecule has 1 atom stereocenters. The van der Waals surface area contributed by atoms with Gasteiger partial charge in [-0.1, -0.05) is 24.3 Å². The van der Waals surface area contributed by atoms with Gasteiger partial charge in [-0.05, 0) is 42.7 Å². The molecular formula is C22H30N4O4S. The summed E-state index contributed by atoms with van der Waals surface area (Å²) in [5, 5.41) is 11.7. The number of hydrogen-bond acceptors (Lipinski definition) is 5. The molecule has 0 bridgehead atoms. The Labute approximate surface area is 183 Å². The van der Waals surface area contributed by atoms with Crippen molar-refractivity contribution in [2.45, 2.75) is 31.3 Å². The maximum Gasteiger partial charge on any atom is 0.238 e. The molecule has 1 aliphatic heterocycles. The highest BCUT2D eigenvalue weighted by Gasteiger charge is 2.17. The molecule has 0 radical (unpaired) electrons. The predicted octanol–water partition coefficient (Wildman–Crippen LogP) is 1.92. The van der Waals surface area contributed by atoms with Crippen LogP contribution in [0, 0.1) is 12.8 Å². The van der Waals surface area contributed by atoms with Crippen LogP contribution in [-0.4, -0.2) is 41.2 Å².